The molecule has 19 heavy (non-hydrogen) atoms. The fourth-order valence-corrected chi connectivity index (χ4v) is 2.77. The van der Waals surface area contributed by atoms with E-state index in [1.165, 1.54) is 27.8 Å². The summed E-state index contributed by atoms with van der Waals surface area (Å²) in [5.41, 5.74) is 6.85. The minimum atomic E-state index is 0.285. The lowest BCUT2D eigenvalue weighted by Gasteiger charge is -2.24. The molecule has 0 fully saturated rings. The second kappa shape index (κ2) is 6.03. The summed E-state index contributed by atoms with van der Waals surface area (Å²) in [6.07, 6.45) is 0. The minimum Gasteiger partial charge on any atom is -0.307 e. The highest BCUT2D eigenvalue weighted by Gasteiger charge is 2.18. The molecule has 0 radical (unpaired) electrons. The molecule has 1 unspecified atom stereocenters. The van der Waals surface area contributed by atoms with E-state index in [1.54, 1.807) is 0 Å². The van der Waals surface area contributed by atoms with Crippen LogP contribution in [0.1, 0.15) is 40.8 Å². The summed E-state index contributed by atoms with van der Waals surface area (Å²) in [6, 6.07) is 15.5. The molecule has 0 aliphatic carbocycles. The molecule has 1 nitrogen and oxygen atoms in total. The predicted molar refractivity (Wildman–Crippen MR) is 82.6 cm³/mol. The van der Waals surface area contributed by atoms with Crippen molar-refractivity contribution in [3.05, 3.63) is 70.3 Å². The maximum Gasteiger partial charge on any atom is 0.0584 e. The van der Waals surface area contributed by atoms with E-state index in [9.17, 15) is 0 Å². The highest BCUT2D eigenvalue weighted by atomic mass is 14.9. The fraction of sp³-hybridized carbons (Fsp3) is 0.333. The summed E-state index contributed by atoms with van der Waals surface area (Å²) in [5, 5.41) is 3.64. The SMILES string of the molecule is CCNC(c1ccccc1C)c1c(C)cccc1C. The van der Waals surface area contributed by atoms with Gasteiger partial charge in [0.1, 0.15) is 0 Å². The lowest BCUT2D eigenvalue weighted by molar-refractivity contribution is 0.622. The third-order valence-corrected chi connectivity index (χ3v) is 3.74. The van der Waals surface area contributed by atoms with Gasteiger partial charge in [-0.05, 0) is 55.1 Å². The van der Waals surface area contributed by atoms with Crippen LogP contribution in [-0.2, 0) is 0 Å². The normalized spacial score (nSPS) is 12.4. The van der Waals surface area contributed by atoms with Gasteiger partial charge in [-0.1, -0.05) is 49.4 Å². The zero-order valence-electron chi connectivity index (χ0n) is 12.3. The highest BCUT2D eigenvalue weighted by molar-refractivity contribution is 5.44. The van der Waals surface area contributed by atoms with Gasteiger partial charge in [-0.2, -0.15) is 0 Å². The third kappa shape index (κ3) is 2.87. The van der Waals surface area contributed by atoms with Crippen molar-refractivity contribution in [3.8, 4) is 0 Å². The van der Waals surface area contributed by atoms with Crippen LogP contribution in [-0.4, -0.2) is 6.54 Å². The van der Waals surface area contributed by atoms with Crippen LogP contribution in [0.4, 0.5) is 0 Å². The first-order valence-electron chi connectivity index (χ1n) is 7.00. The maximum absolute atomic E-state index is 3.64. The summed E-state index contributed by atoms with van der Waals surface area (Å²) >= 11 is 0. The van der Waals surface area contributed by atoms with Crippen molar-refractivity contribution in [3.63, 3.8) is 0 Å². The lowest BCUT2D eigenvalue weighted by atomic mass is 9.89. The molecule has 1 N–H and O–H groups in total. The van der Waals surface area contributed by atoms with Crippen LogP contribution in [0, 0.1) is 20.8 Å². The second-order valence-corrected chi connectivity index (χ2v) is 5.15. The first kappa shape index (κ1) is 13.8. The average Bonchev–Trinajstić information content (AvgIpc) is 2.38. The van der Waals surface area contributed by atoms with Crippen molar-refractivity contribution in [1.29, 1.82) is 0 Å². The zero-order valence-corrected chi connectivity index (χ0v) is 12.3. The van der Waals surface area contributed by atoms with Crippen molar-refractivity contribution in [2.45, 2.75) is 33.7 Å². The molecule has 2 aromatic rings. The van der Waals surface area contributed by atoms with E-state index < -0.39 is 0 Å². The summed E-state index contributed by atoms with van der Waals surface area (Å²) in [4.78, 5) is 0. The van der Waals surface area contributed by atoms with Crippen molar-refractivity contribution in [1.82, 2.24) is 5.32 Å². The summed E-state index contributed by atoms with van der Waals surface area (Å²) in [5.74, 6) is 0. The van der Waals surface area contributed by atoms with Gasteiger partial charge in [0.15, 0.2) is 0 Å². The van der Waals surface area contributed by atoms with E-state index in [4.69, 9.17) is 0 Å². The fourth-order valence-electron chi connectivity index (χ4n) is 2.77. The Morgan fingerprint density at radius 1 is 0.842 bits per heavy atom. The highest BCUT2D eigenvalue weighted by Crippen LogP contribution is 2.29. The van der Waals surface area contributed by atoms with E-state index in [0.717, 1.165) is 6.54 Å². The minimum absolute atomic E-state index is 0.285. The Bertz CT molecular complexity index is 537. The quantitative estimate of drug-likeness (QED) is 0.856. The van der Waals surface area contributed by atoms with Gasteiger partial charge < -0.3 is 5.32 Å². The van der Waals surface area contributed by atoms with Crippen molar-refractivity contribution in [2.75, 3.05) is 6.54 Å². The number of benzene rings is 2. The topological polar surface area (TPSA) is 12.0 Å². The Morgan fingerprint density at radius 3 is 2.00 bits per heavy atom. The van der Waals surface area contributed by atoms with Gasteiger partial charge in [-0.25, -0.2) is 0 Å². The molecule has 0 saturated carbocycles. The van der Waals surface area contributed by atoms with Crippen LogP contribution < -0.4 is 5.32 Å². The molecule has 0 aliphatic heterocycles. The maximum atomic E-state index is 3.64. The number of hydrogen-bond donors (Lipinski definition) is 1. The van der Waals surface area contributed by atoms with Crippen LogP contribution >= 0.6 is 0 Å². The predicted octanol–water partition coefficient (Wildman–Crippen LogP) is 4.31. The van der Waals surface area contributed by atoms with Gasteiger partial charge in [0, 0.05) is 0 Å². The molecule has 0 aromatic heterocycles. The molecule has 2 rings (SSSR count). The smallest absolute Gasteiger partial charge is 0.0584 e. The first-order chi connectivity index (χ1) is 9.15. The van der Waals surface area contributed by atoms with Gasteiger partial charge in [-0.3, -0.25) is 0 Å². The van der Waals surface area contributed by atoms with Crippen LogP contribution in [0.5, 0.6) is 0 Å². The molecular weight excluding hydrogens is 230 g/mol. The van der Waals surface area contributed by atoms with Crippen LogP contribution in [0.25, 0.3) is 0 Å². The molecule has 1 atom stereocenters. The molecule has 1 heteroatoms. The molecular formula is C18H23N. The van der Waals surface area contributed by atoms with Crippen LogP contribution in [0.3, 0.4) is 0 Å². The Morgan fingerprint density at radius 2 is 1.42 bits per heavy atom. The molecule has 0 aliphatic rings. The summed E-state index contributed by atoms with van der Waals surface area (Å²) in [7, 11) is 0. The van der Waals surface area contributed by atoms with E-state index in [1.807, 2.05) is 0 Å². The molecule has 0 spiro atoms. The van der Waals surface area contributed by atoms with Gasteiger partial charge in [0.05, 0.1) is 6.04 Å². The average molecular weight is 253 g/mol. The Kier molecular flexibility index (Phi) is 4.39. The molecule has 0 amide bonds. The molecule has 0 saturated heterocycles. The zero-order chi connectivity index (χ0) is 13.8. The number of hydrogen-bond acceptors (Lipinski definition) is 1. The summed E-state index contributed by atoms with van der Waals surface area (Å²) in [6.45, 7) is 9.72. The Hall–Kier alpha value is -1.60. The van der Waals surface area contributed by atoms with Crippen LogP contribution in [0.15, 0.2) is 42.5 Å². The molecule has 100 valence electrons. The first-order valence-corrected chi connectivity index (χ1v) is 7.00. The third-order valence-electron chi connectivity index (χ3n) is 3.74. The lowest BCUT2D eigenvalue weighted by Crippen LogP contribution is -2.24. The van der Waals surface area contributed by atoms with Gasteiger partial charge >= 0.3 is 0 Å². The van der Waals surface area contributed by atoms with E-state index in [2.05, 4.69) is 75.5 Å². The van der Waals surface area contributed by atoms with E-state index >= 15 is 0 Å². The molecule has 0 heterocycles. The monoisotopic (exact) mass is 253 g/mol. The van der Waals surface area contributed by atoms with Crippen LogP contribution in [0.2, 0.25) is 0 Å². The van der Waals surface area contributed by atoms with Gasteiger partial charge in [0.2, 0.25) is 0 Å². The standard InChI is InChI=1S/C18H23N/c1-5-19-18(16-12-7-6-9-13(16)2)17-14(3)10-8-11-15(17)4/h6-12,18-19H,5H2,1-4H3. The van der Waals surface area contributed by atoms with Crippen molar-refractivity contribution < 1.29 is 0 Å². The molecule has 2 aromatic carbocycles. The van der Waals surface area contributed by atoms with Gasteiger partial charge in [-0.15, -0.1) is 0 Å². The number of aryl methyl sites for hydroxylation is 3. The number of rotatable bonds is 4. The second-order valence-electron chi connectivity index (χ2n) is 5.15. The molecule has 0 bridgehead atoms. The Balaban J connectivity index is 2.55. The Labute approximate surface area is 116 Å². The number of nitrogens with one attached hydrogen (secondary N) is 1. The van der Waals surface area contributed by atoms with E-state index in [-0.39, 0.29) is 6.04 Å². The van der Waals surface area contributed by atoms with Gasteiger partial charge in [0.25, 0.3) is 0 Å². The van der Waals surface area contributed by atoms with Crippen molar-refractivity contribution in [2.24, 2.45) is 0 Å². The van der Waals surface area contributed by atoms with E-state index in [0.29, 0.717) is 0 Å². The largest absolute Gasteiger partial charge is 0.307 e. The van der Waals surface area contributed by atoms with Crippen molar-refractivity contribution >= 4 is 0 Å². The summed E-state index contributed by atoms with van der Waals surface area (Å²) < 4.78 is 0.